The minimum absolute atomic E-state index is 0.101. The quantitative estimate of drug-likeness (QED) is 0.458. The van der Waals surface area contributed by atoms with E-state index in [4.69, 9.17) is 5.11 Å². The molecule has 4 rings (SSSR count). The van der Waals surface area contributed by atoms with E-state index in [2.05, 4.69) is 43.0 Å². The van der Waals surface area contributed by atoms with E-state index < -0.39 is 24.0 Å². The van der Waals surface area contributed by atoms with Crippen molar-refractivity contribution < 1.29 is 19.5 Å². The van der Waals surface area contributed by atoms with Crippen molar-refractivity contribution in [3.63, 3.8) is 0 Å². The maximum atomic E-state index is 12.8. The van der Waals surface area contributed by atoms with Gasteiger partial charge in [0.25, 0.3) is 11.8 Å². The molecule has 0 radical (unpaired) electrons. The molecular formula is C21H17IN6O4. The van der Waals surface area contributed by atoms with Crippen LogP contribution in [-0.4, -0.2) is 46.4 Å². The molecule has 32 heavy (non-hydrogen) atoms. The summed E-state index contributed by atoms with van der Waals surface area (Å²) >= 11 is 2.18. The summed E-state index contributed by atoms with van der Waals surface area (Å²) in [6.07, 6.45) is 0. The molecule has 2 amide bonds. The van der Waals surface area contributed by atoms with Crippen molar-refractivity contribution >= 4 is 63.2 Å². The molecule has 0 aromatic heterocycles. The second-order valence-corrected chi connectivity index (χ2v) is 8.39. The lowest BCUT2D eigenvalue weighted by molar-refractivity contribution is -0.119. The molecule has 2 aliphatic rings. The third-order valence-electron chi connectivity index (χ3n) is 4.92. The van der Waals surface area contributed by atoms with Gasteiger partial charge in [-0.15, -0.1) is 0 Å². The topological polar surface area (TPSA) is 127 Å². The zero-order valence-electron chi connectivity index (χ0n) is 17.0. The molecule has 0 spiro atoms. The number of carboxylic acid groups (broad SMARTS) is 1. The van der Waals surface area contributed by atoms with Crippen molar-refractivity contribution in [2.75, 3.05) is 10.0 Å². The fraction of sp³-hybridized carbons (Fsp3) is 0.190. The molecule has 0 fully saturated rings. The van der Waals surface area contributed by atoms with Crippen LogP contribution < -0.4 is 10.0 Å². The molecule has 0 aliphatic carbocycles. The summed E-state index contributed by atoms with van der Waals surface area (Å²) in [5, 5.41) is 28.2. The highest BCUT2D eigenvalue weighted by molar-refractivity contribution is 14.1. The molecule has 11 heteroatoms. The molecule has 2 aromatic carbocycles. The number of aromatic carboxylic acids is 1. The molecule has 2 aromatic rings. The van der Waals surface area contributed by atoms with Gasteiger partial charge in [0.05, 0.1) is 28.4 Å². The molecule has 0 saturated carbocycles. The fourth-order valence-corrected chi connectivity index (χ4v) is 3.57. The molecular weight excluding hydrogens is 527 g/mol. The van der Waals surface area contributed by atoms with Crippen molar-refractivity contribution in [1.29, 1.82) is 0 Å². The second-order valence-electron chi connectivity index (χ2n) is 7.15. The number of carbonyl (C=O) groups is 3. The number of azo groups is 1. The van der Waals surface area contributed by atoms with E-state index in [1.54, 1.807) is 26.0 Å². The third-order valence-corrected chi connectivity index (χ3v) is 5.64. The average molecular weight is 544 g/mol. The van der Waals surface area contributed by atoms with Gasteiger partial charge in [-0.3, -0.25) is 9.59 Å². The zero-order valence-corrected chi connectivity index (χ0v) is 19.2. The first-order valence-electron chi connectivity index (χ1n) is 9.53. The Kier molecular flexibility index (Phi) is 5.82. The average Bonchev–Trinajstić information content (AvgIpc) is 3.22. The molecule has 2 atom stereocenters. The van der Waals surface area contributed by atoms with Gasteiger partial charge < -0.3 is 5.11 Å². The lowest BCUT2D eigenvalue weighted by Gasteiger charge is -2.13. The van der Waals surface area contributed by atoms with Gasteiger partial charge in [-0.1, -0.05) is 0 Å². The van der Waals surface area contributed by atoms with Crippen molar-refractivity contribution in [3.8, 4) is 0 Å². The first kappa shape index (κ1) is 21.7. The maximum absolute atomic E-state index is 12.8. The van der Waals surface area contributed by atoms with Crippen LogP contribution in [0.3, 0.4) is 0 Å². The van der Waals surface area contributed by atoms with Gasteiger partial charge in [0.1, 0.15) is 0 Å². The van der Waals surface area contributed by atoms with Crippen LogP contribution in [0.25, 0.3) is 0 Å². The van der Waals surface area contributed by atoms with Crippen molar-refractivity contribution in [2.24, 2.45) is 20.4 Å². The van der Waals surface area contributed by atoms with Crippen LogP contribution in [0, 0.1) is 3.57 Å². The first-order valence-corrected chi connectivity index (χ1v) is 10.6. The van der Waals surface area contributed by atoms with E-state index in [-0.39, 0.29) is 11.5 Å². The summed E-state index contributed by atoms with van der Waals surface area (Å²) in [5.41, 5.74) is 2.02. The van der Waals surface area contributed by atoms with Gasteiger partial charge in [0.15, 0.2) is 12.1 Å². The van der Waals surface area contributed by atoms with E-state index in [1.807, 2.05) is 12.1 Å². The SMILES string of the molecule is CC1=NN(c2ccc(I)cc2)C(=O)C1/N=N/C1C(=O)N(c2ccc(C(=O)O)cc2)N=C1C. The van der Waals surface area contributed by atoms with Crippen LogP contribution >= 0.6 is 22.6 Å². The van der Waals surface area contributed by atoms with Gasteiger partial charge in [-0.25, -0.2) is 4.79 Å². The summed E-state index contributed by atoms with van der Waals surface area (Å²) in [6.45, 7) is 3.32. The third kappa shape index (κ3) is 4.02. The van der Waals surface area contributed by atoms with Crippen LogP contribution in [-0.2, 0) is 9.59 Å². The Labute approximate surface area is 196 Å². The minimum Gasteiger partial charge on any atom is -0.478 e. The summed E-state index contributed by atoms with van der Waals surface area (Å²) in [6, 6.07) is 11.2. The number of halogens is 1. The van der Waals surface area contributed by atoms with Crippen molar-refractivity contribution in [1.82, 2.24) is 0 Å². The van der Waals surface area contributed by atoms with Crippen molar-refractivity contribution in [2.45, 2.75) is 25.9 Å². The smallest absolute Gasteiger partial charge is 0.335 e. The Balaban J connectivity index is 1.50. The minimum atomic E-state index is -1.06. The fourth-order valence-electron chi connectivity index (χ4n) is 3.21. The number of rotatable bonds is 5. The Morgan fingerprint density at radius 2 is 1.25 bits per heavy atom. The van der Waals surface area contributed by atoms with Gasteiger partial charge in [0, 0.05) is 3.57 Å². The normalized spacial score (nSPS) is 20.8. The van der Waals surface area contributed by atoms with Crippen LogP contribution in [0.4, 0.5) is 11.4 Å². The summed E-state index contributed by atoms with van der Waals surface area (Å²) in [5.74, 6) is -1.86. The number of amides is 2. The molecule has 0 bridgehead atoms. The molecule has 1 N–H and O–H groups in total. The number of carbonyl (C=O) groups excluding carboxylic acids is 2. The molecule has 162 valence electrons. The highest BCUT2D eigenvalue weighted by Crippen LogP contribution is 2.25. The van der Waals surface area contributed by atoms with Crippen molar-refractivity contribution in [3.05, 3.63) is 57.7 Å². The van der Waals surface area contributed by atoms with Crippen LogP contribution in [0.1, 0.15) is 24.2 Å². The Morgan fingerprint density at radius 1 is 0.844 bits per heavy atom. The lowest BCUT2D eigenvalue weighted by Crippen LogP contribution is -2.32. The second kappa shape index (κ2) is 8.57. The van der Waals surface area contributed by atoms with E-state index in [0.717, 1.165) is 8.58 Å². The van der Waals surface area contributed by atoms with E-state index in [9.17, 15) is 14.4 Å². The summed E-state index contributed by atoms with van der Waals surface area (Å²) in [7, 11) is 0. The number of carboxylic acids is 1. The van der Waals surface area contributed by atoms with Gasteiger partial charge in [-0.05, 0) is 85.0 Å². The van der Waals surface area contributed by atoms with Gasteiger partial charge in [-0.2, -0.15) is 30.4 Å². The largest absolute Gasteiger partial charge is 0.478 e. The van der Waals surface area contributed by atoms with E-state index in [1.165, 1.54) is 29.3 Å². The summed E-state index contributed by atoms with van der Waals surface area (Å²) in [4.78, 5) is 36.7. The Morgan fingerprint density at radius 3 is 1.66 bits per heavy atom. The standard InChI is InChI=1S/C21H17IN6O4/c1-11-17(19(29)27(25-11)15-7-3-13(4-8-15)21(31)32)23-24-18-12(2)26-28(20(18)30)16-9-5-14(22)6-10-16/h3-10,17-18H,1-2H3,(H,31,32)/b24-23+. The zero-order chi connectivity index (χ0) is 23.0. The predicted octanol–water partition coefficient (Wildman–Crippen LogP) is 3.32. The molecule has 0 saturated heterocycles. The lowest BCUT2D eigenvalue weighted by atomic mass is 10.2. The summed E-state index contributed by atoms with van der Waals surface area (Å²) < 4.78 is 1.03. The van der Waals surface area contributed by atoms with Gasteiger partial charge >= 0.3 is 5.97 Å². The number of hydrazone groups is 2. The highest BCUT2D eigenvalue weighted by atomic mass is 127. The molecule has 2 aliphatic heterocycles. The number of hydrogen-bond donors (Lipinski definition) is 1. The molecule has 2 unspecified atom stereocenters. The number of anilines is 2. The molecule has 10 nitrogen and oxygen atoms in total. The Bertz CT molecular complexity index is 1190. The van der Waals surface area contributed by atoms with Crippen LogP contribution in [0.5, 0.6) is 0 Å². The number of hydrogen-bond acceptors (Lipinski definition) is 7. The molecule has 2 heterocycles. The van der Waals surface area contributed by atoms with E-state index in [0.29, 0.717) is 22.8 Å². The monoisotopic (exact) mass is 544 g/mol. The van der Waals surface area contributed by atoms with Gasteiger partial charge in [0.2, 0.25) is 0 Å². The first-order chi connectivity index (χ1) is 15.3. The predicted molar refractivity (Wildman–Crippen MR) is 126 cm³/mol. The highest BCUT2D eigenvalue weighted by Gasteiger charge is 2.38. The van der Waals surface area contributed by atoms with Crippen LogP contribution in [0.2, 0.25) is 0 Å². The van der Waals surface area contributed by atoms with E-state index >= 15 is 0 Å². The van der Waals surface area contributed by atoms with Crippen LogP contribution in [0.15, 0.2) is 69.0 Å². The maximum Gasteiger partial charge on any atom is 0.335 e. The number of benzene rings is 2. The Hall–Kier alpha value is -3.48. The number of nitrogens with zero attached hydrogens (tertiary/aromatic N) is 6.